The predicted molar refractivity (Wildman–Crippen MR) is 63.7 cm³/mol. The Hall–Kier alpha value is -0.790. The minimum atomic E-state index is 0.340. The lowest BCUT2D eigenvalue weighted by atomic mass is 9.95. The summed E-state index contributed by atoms with van der Waals surface area (Å²) in [5, 5.41) is 0. The summed E-state index contributed by atoms with van der Waals surface area (Å²) in [5.41, 5.74) is 2.26. The molecule has 0 radical (unpaired) electrons. The number of nitrogens with zero attached hydrogens (tertiary/aromatic N) is 1. The Morgan fingerprint density at radius 1 is 1.40 bits per heavy atom. The maximum absolute atomic E-state index is 11.7. The summed E-state index contributed by atoms with van der Waals surface area (Å²) >= 11 is 0. The third-order valence-electron chi connectivity index (χ3n) is 3.30. The van der Waals surface area contributed by atoms with E-state index < -0.39 is 0 Å². The van der Waals surface area contributed by atoms with Crippen molar-refractivity contribution in [2.75, 3.05) is 6.54 Å². The Morgan fingerprint density at radius 2 is 2.07 bits per heavy atom. The van der Waals surface area contributed by atoms with Crippen LogP contribution in [0, 0.1) is 0 Å². The smallest absolute Gasteiger partial charge is 0.162 e. The third kappa shape index (κ3) is 2.61. The summed E-state index contributed by atoms with van der Waals surface area (Å²) in [5.74, 6) is 0.340. The molecular formula is C13H23NO. The molecular weight excluding hydrogens is 186 g/mol. The van der Waals surface area contributed by atoms with Gasteiger partial charge in [0, 0.05) is 30.3 Å². The number of carbonyl (C=O) groups excluding carboxylic acids is 1. The van der Waals surface area contributed by atoms with Crippen LogP contribution in [0.5, 0.6) is 0 Å². The second kappa shape index (κ2) is 5.34. The number of unbranched alkanes of at least 4 members (excludes halogenated alkanes) is 1. The van der Waals surface area contributed by atoms with Gasteiger partial charge in [0.25, 0.3) is 0 Å². The van der Waals surface area contributed by atoms with Crippen molar-refractivity contribution >= 4 is 5.78 Å². The van der Waals surface area contributed by atoms with Crippen molar-refractivity contribution in [1.82, 2.24) is 4.90 Å². The zero-order chi connectivity index (χ0) is 11.4. The number of allylic oxidation sites excluding steroid dienone is 2. The summed E-state index contributed by atoms with van der Waals surface area (Å²) < 4.78 is 0. The van der Waals surface area contributed by atoms with Gasteiger partial charge in [0.1, 0.15) is 0 Å². The lowest BCUT2D eigenvalue weighted by molar-refractivity contribution is -0.117. The Bertz CT molecular complexity index is 268. The molecule has 0 amide bonds. The number of ketones is 1. The van der Waals surface area contributed by atoms with Crippen LogP contribution in [0.4, 0.5) is 0 Å². The average molecular weight is 209 g/mol. The molecule has 0 saturated carbocycles. The van der Waals surface area contributed by atoms with E-state index in [0.29, 0.717) is 18.2 Å². The van der Waals surface area contributed by atoms with Crippen LogP contribution < -0.4 is 0 Å². The Kier molecular flexibility index (Phi) is 4.37. The Morgan fingerprint density at radius 3 is 2.60 bits per heavy atom. The van der Waals surface area contributed by atoms with E-state index in [1.807, 2.05) is 6.92 Å². The van der Waals surface area contributed by atoms with Crippen LogP contribution in [0.1, 0.15) is 53.4 Å². The van der Waals surface area contributed by atoms with Crippen LogP contribution in [0.3, 0.4) is 0 Å². The van der Waals surface area contributed by atoms with E-state index in [-0.39, 0.29) is 0 Å². The summed E-state index contributed by atoms with van der Waals surface area (Å²) in [6.07, 6.45) is 4.10. The molecule has 0 bridgehead atoms. The minimum absolute atomic E-state index is 0.340. The van der Waals surface area contributed by atoms with Gasteiger partial charge in [-0.3, -0.25) is 4.79 Å². The van der Waals surface area contributed by atoms with Crippen molar-refractivity contribution in [2.45, 2.75) is 59.4 Å². The monoisotopic (exact) mass is 209 g/mol. The zero-order valence-electron chi connectivity index (χ0n) is 10.5. The van der Waals surface area contributed by atoms with Crippen LogP contribution in [-0.4, -0.2) is 23.3 Å². The largest absolute Gasteiger partial charge is 0.371 e. The standard InChI is InChI=1S/C13H23NO/c1-5-7-8-14-10(3)9-13(15)11(4)12(14)6-2/h10H,5-9H2,1-4H3. The summed E-state index contributed by atoms with van der Waals surface area (Å²) in [7, 11) is 0. The second-order valence-corrected chi connectivity index (χ2v) is 4.45. The van der Waals surface area contributed by atoms with Crippen molar-refractivity contribution in [1.29, 1.82) is 0 Å². The molecule has 15 heavy (non-hydrogen) atoms. The van der Waals surface area contributed by atoms with Crippen molar-refractivity contribution < 1.29 is 4.79 Å². The van der Waals surface area contributed by atoms with Gasteiger partial charge in [-0.1, -0.05) is 20.3 Å². The highest BCUT2D eigenvalue weighted by Gasteiger charge is 2.27. The molecule has 1 heterocycles. The van der Waals surface area contributed by atoms with E-state index >= 15 is 0 Å². The molecule has 0 saturated heterocycles. The fourth-order valence-corrected chi connectivity index (χ4v) is 2.33. The van der Waals surface area contributed by atoms with E-state index in [1.54, 1.807) is 0 Å². The van der Waals surface area contributed by atoms with E-state index in [1.165, 1.54) is 18.5 Å². The molecule has 0 N–H and O–H groups in total. The van der Waals surface area contributed by atoms with Gasteiger partial charge in [-0.15, -0.1) is 0 Å². The lowest BCUT2D eigenvalue weighted by Gasteiger charge is -2.37. The molecule has 0 spiro atoms. The number of Topliss-reactive ketones (excluding diaryl/α,β-unsaturated/α-hetero) is 1. The molecule has 0 aromatic carbocycles. The van der Waals surface area contributed by atoms with Crippen LogP contribution in [0.25, 0.3) is 0 Å². The van der Waals surface area contributed by atoms with Crippen LogP contribution in [-0.2, 0) is 4.79 Å². The lowest BCUT2D eigenvalue weighted by Crippen LogP contribution is -2.39. The fraction of sp³-hybridized carbons (Fsp3) is 0.769. The zero-order valence-corrected chi connectivity index (χ0v) is 10.5. The quantitative estimate of drug-likeness (QED) is 0.709. The normalized spacial score (nSPS) is 22.5. The average Bonchev–Trinajstić information content (AvgIpc) is 2.21. The molecule has 0 fully saturated rings. The van der Waals surface area contributed by atoms with Crippen LogP contribution in [0.15, 0.2) is 11.3 Å². The first kappa shape index (κ1) is 12.3. The Labute approximate surface area is 93.3 Å². The summed E-state index contributed by atoms with van der Waals surface area (Å²) in [6, 6.07) is 0.391. The van der Waals surface area contributed by atoms with Gasteiger partial charge in [0.2, 0.25) is 0 Å². The van der Waals surface area contributed by atoms with Gasteiger partial charge < -0.3 is 4.90 Å². The summed E-state index contributed by atoms with van der Waals surface area (Å²) in [4.78, 5) is 14.1. The number of hydrogen-bond donors (Lipinski definition) is 0. The predicted octanol–water partition coefficient (Wildman–Crippen LogP) is 3.13. The molecule has 0 aliphatic carbocycles. The molecule has 1 rings (SSSR count). The highest BCUT2D eigenvalue weighted by Crippen LogP contribution is 2.26. The van der Waals surface area contributed by atoms with E-state index in [4.69, 9.17) is 0 Å². The number of rotatable bonds is 4. The van der Waals surface area contributed by atoms with Crippen molar-refractivity contribution in [3.05, 3.63) is 11.3 Å². The number of carbonyl (C=O) groups is 1. The van der Waals surface area contributed by atoms with Gasteiger partial charge in [-0.05, 0) is 26.7 Å². The highest BCUT2D eigenvalue weighted by atomic mass is 16.1. The minimum Gasteiger partial charge on any atom is -0.371 e. The number of hydrogen-bond acceptors (Lipinski definition) is 2. The first-order valence-electron chi connectivity index (χ1n) is 6.11. The third-order valence-corrected chi connectivity index (χ3v) is 3.30. The maximum Gasteiger partial charge on any atom is 0.162 e. The maximum atomic E-state index is 11.7. The van der Waals surface area contributed by atoms with E-state index in [2.05, 4.69) is 25.7 Å². The topological polar surface area (TPSA) is 20.3 Å². The molecule has 0 aromatic rings. The van der Waals surface area contributed by atoms with Gasteiger partial charge in [0.15, 0.2) is 5.78 Å². The van der Waals surface area contributed by atoms with E-state index in [9.17, 15) is 4.79 Å². The molecule has 1 aliphatic rings. The second-order valence-electron chi connectivity index (χ2n) is 4.45. The van der Waals surface area contributed by atoms with Crippen molar-refractivity contribution in [2.24, 2.45) is 0 Å². The van der Waals surface area contributed by atoms with Crippen LogP contribution in [0.2, 0.25) is 0 Å². The Balaban J connectivity index is 2.86. The van der Waals surface area contributed by atoms with Gasteiger partial charge >= 0.3 is 0 Å². The first-order chi connectivity index (χ1) is 7.11. The van der Waals surface area contributed by atoms with E-state index in [0.717, 1.165) is 18.5 Å². The molecule has 1 unspecified atom stereocenters. The molecule has 2 heteroatoms. The van der Waals surface area contributed by atoms with Crippen molar-refractivity contribution in [3.63, 3.8) is 0 Å². The first-order valence-corrected chi connectivity index (χ1v) is 6.11. The van der Waals surface area contributed by atoms with Gasteiger partial charge in [-0.25, -0.2) is 0 Å². The van der Waals surface area contributed by atoms with Crippen molar-refractivity contribution in [3.8, 4) is 0 Å². The van der Waals surface area contributed by atoms with Crippen LogP contribution >= 0.6 is 0 Å². The summed E-state index contributed by atoms with van der Waals surface area (Å²) in [6.45, 7) is 9.60. The molecule has 2 nitrogen and oxygen atoms in total. The molecule has 1 atom stereocenters. The molecule has 86 valence electrons. The molecule has 1 aliphatic heterocycles. The SMILES string of the molecule is CCCCN1C(CC)=C(C)C(=O)CC1C. The fourth-order valence-electron chi connectivity index (χ4n) is 2.33. The highest BCUT2D eigenvalue weighted by molar-refractivity contribution is 5.96. The van der Waals surface area contributed by atoms with Gasteiger partial charge in [-0.2, -0.15) is 0 Å². The molecule has 0 aromatic heterocycles. The van der Waals surface area contributed by atoms with Gasteiger partial charge in [0.05, 0.1) is 0 Å².